The molecule has 0 aliphatic carbocycles. The molecular formula is C12H12F2N2S. The van der Waals surface area contributed by atoms with Gasteiger partial charge in [-0.1, -0.05) is 13.0 Å². The molecule has 1 unspecified atom stereocenters. The van der Waals surface area contributed by atoms with Gasteiger partial charge in [0.1, 0.15) is 16.6 Å². The highest BCUT2D eigenvalue weighted by atomic mass is 32.1. The first-order chi connectivity index (χ1) is 8.24. The highest BCUT2D eigenvalue weighted by Crippen LogP contribution is 2.27. The lowest BCUT2D eigenvalue weighted by atomic mass is 10.1. The van der Waals surface area contributed by atoms with Gasteiger partial charge >= 0.3 is 0 Å². The van der Waals surface area contributed by atoms with Gasteiger partial charge in [0.15, 0.2) is 0 Å². The molecule has 0 saturated carbocycles. The van der Waals surface area contributed by atoms with Gasteiger partial charge in [-0.15, -0.1) is 11.3 Å². The quantitative estimate of drug-likeness (QED) is 0.906. The number of nitrogens with zero attached hydrogens (tertiary/aromatic N) is 1. The van der Waals surface area contributed by atoms with Crippen LogP contribution in [-0.2, 0) is 0 Å². The molecule has 90 valence electrons. The minimum Gasteiger partial charge on any atom is -0.304 e. The minimum atomic E-state index is -0.550. The van der Waals surface area contributed by atoms with Crippen molar-refractivity contribution in [3.63, 3.8) is 0 Å². The zero-order chi connectivity index (χ0) is 12.3. The smallest absolute Gasteiger partial charge is 0.131 e. The summed E-state index contributed by atoms with van der Waals surface area (Å²) >= 11 is 1.38. The van der Waals surface area contributed by atoms with E-state index in [0.29, 0.717) is 11.6 Å². The van der Waals surface area contributed by atoms with Crippen LogP contribution in [0.4, 0.5) is 8.78 Å². The predicted octanol–water partition coefficient (Wildman–Crippen LogP) is 3.12. The molecule has 2 rings (SSSR count). The van der Waals surface area contributed by atoms with Crippen molar-refractivity contribution < 1.29 is 8.78 Å². The molecule has 0 radical (unpaired) electrons. The van der Waals surface area contributed by atoms with E-state index in [4.69, 9.17) is 0 Å². The highest BCUT2D eigenvalue weighted by Gasteiger charge is 2.22. The lowest BCUT2D eigenvalue weighted by Crippen LogP contribution is -2.24. The van der Waals surface area contributed by atoms with Gasteiger partial charge in [0.05, 0.1) is 6.04 Å². The van der Waals surface area contributed by atoms with E-state index in [9.17, 15) is 8.78 Å². The van der Waals surface area contributed by atoms with Gasteiger partial charge in [0, 0.05) is 17.1 Å². The average molecular weight is 254 g/mol. The van der Waals surface area contributed by atoms with Crippen molar-refractivity contribution in [2.45, 2.75) is 13.0 Å². The van der Waals surface area contributed by atoms with Gasteiger partial charge in [-0.25, -0.2) is 13.8 Å². The Hall–Kier alpha value is -1.33. The second-order valence-electron chi connectivity index (χ2n) is 3.50. The van der Waals surface area contributed by atoms with Crippen LogP contribution in [0.1, 0.15) is 23.5 Å². The average Bonchev–Trinajstić information content (AvgIpc) is 2.80. The summed E-state index contributed by atoms with van der Waals surface area (Å²) in [6, 6.07) is 3.35. The fraction of sp³-hybridized carbons (Fsp3) is 0.250. The molecule has 0 spiro atoms. The second kappa shape index (κ2) is 5.33. The summed E-state index contributed by atoms with van der Waals surface area (Å²) in [4.78, 5) is 4.12. The first-order valence-corrected chi connectivity index (χ1v) is 6.18. The van der Waals surface area contributed by atoms with Gasteiger partial charge in [-0.2, -0.15) is 0 Å². The van der Waals surface area contributed by atoms with Crippen LogP contribution in [0.15, 0.2) is 29.8 Å². The normalized spacial score (nSPS) is 12.6. The third-order valence-electron chi connectivity index (χ3n) is 2.40. The predicted molar refractivity (Wildman–Crippen MR) is 64.0 cm³/mol. The molecule has 0 fully saturated rings. The fourth-order valence-electron chi connectivity index (χ4n) is 1.68. The summed E-state index contributed by atoms with van der Waals surface area (Å²) in [5.74, 6) is -1.10. The number of nitrogens with one attached hydrogen (secondary N) is 1. The molecule has 1 aromatic carbocycles. The summed E-state index contributed by atoms with van der Waals surface area (Å²) < 4.78 is 27.4. The summed E-state index contributed by atoms with van der Waals surface area (Å²) in [6.45, 7) is 2.50. The van der Waals surface area contributed by atoms with Crippen LogP contribution < -0.4 is 5.32 Å². The van der Waals surface area contributed by atoms with E-state index in [1.807, 2.05) is 6.92 Å². The summed E-state index contributed by atoms with van der Waals surface area (Å²) in [7, 11) is 0. The van der Waals surface area contributed by atoms with Crippen molar-refractivity contribution in [1.82, 2.24) is 10.3 Å². The van der Waals surface area contributed by atoms with Gasteiger partial charge < -0.3 is 5.32 Å². The number of rotatable bonds is 4. The summed E-state index contributed by atoms with van der Waals surface area (Å²) in [5.41, 5.74) is 0.0318. The van der Waals surface area contributed by atoms with Crippen LogP contribution in [0.2, 0.25) is 0 Å². The van der Waals surface area contributed by atoms with Gasteiger partial charge in [0.2, 0.25) is 0 Å². The first kappa shape index (κ1) is 12.1. The van der Waals surface area contributed by atoms with Crippen LogP contribution in [-0.4, -0.2) is 11.5 Å². The van der Waals surface area contributed by atoms with Gasteiger partial charge in [0.25, 0.3) is 0 Å². The number of halogens is 2. The van der Waals surface area contributed by atoms with Crippen LogP contribution in [0.25, 0.3) is 0 Å². The van der Waals surface area contributed by atoms with E-state index < -0.39 is 17.7 Å². The van der Waals surface area contributed by atoms with E-state index in [-0.39, 0.29) is 5.56 Å². The molecule has 0 bridgehead atoms. The third-order valence-corrected chi connectivity index (χ3v) is 3.24. The molecule has 2 nitrogen and oxygen atoms in total. The van der Waals surface area contributed by atoms with Crippen molar-refractivity contribution in [3.8, 4) is 0 Å². The molecule has 0 aliphatic rings. The van der Waals surface area contributed by atoms with Crippen molar-refractivity contribution in [2.24, 2.45) is 0 Å². The maximum atomic E-state index is 13.7. The Morgan fingerprint density at radius 2 is 2.06 bits per heavy atom. The van der Waals surface area contributed by atoms with E-state index in [1.54, 1.807) is 11.6 Å². The van der Waals surface area contributed by atoms with Crippen LogP contribution in [0, 0.1) is 11.6 Å². The Morgan fingerprint density at radius 1 is 1.35 bits per heavy atom. The molecule has 17 heavy (non-hydrogen) atoms. The lowest BCUT2D eigenvalue weighted by Gasteiger charge is -2.17. The molecule has 2 aromatic rings. The Kier molecular flexibility index (Phi) is 3.81. The Balaban J connectivity index is 2.46. The Bertz CT molecular complexity index is 465. The number of benzene rings is 1. The molecule has 1 N–H and O–H groups in total. The van der Waals surface area contributed by atoms with E-state index in [0.717, 1.165) is 0 Å². The van der Waals surface area contributed by atoms with Crippen LogP contribution in [0.5, 0.6) is 0 Å². The van der Waals surface area contributed by atoms with Gasteiger partial charge in [-0.05, 0) is 18.7 Å². The first-order valence-electron chi connectivity index (χ1n) is 5.30. The van der Waals surface area contributed by atoms with Crippen molar-refractivity contribution in [2.75, 3.05) is 6.54 Å². The number of thiazole rings is 1. The second-order valence-corrected chi connectivity index (χ2v) is 4.42. The Morgan fingerprint density at radius 3 is 2.59 bits per heavy atom. The molecule has 0 amide bonds. The van der Waals surface area contributed by atoms with Crippen LogP contribution in [0.3, 0.4) is 0 Å². The highest BCUT2D eigenvalue weighted by molar-refractivity contribution is 7.09. The molecule has 0 saturated heterocycles. The number of hydrogen-bond donors (Lipinski definition) is 1. The maximum Gasteiger partial charge on any atom is 0.131 e. The van der Waals surface area contributed by atoms with Crippen molar-refractivity contribution >= 4 is 11.3 Å². The molecule has 1 aromatic heterocycles. The topological polar surface area (TPSA) is 24.9 Å². The van der Waals surface area contributed by atoms with Crippen molar-refractivity contribution in [1.29, 1.82) is 0 Å². The van der Waals surface area contributed by atoms with Crippen LogP contribution >= 0.6 is 11.3 Å². The minimum absolute atomic E-state index is 0.0318. The van der Waals surface area contributed by atoms with E-state index in [1.165, 1.54) is 29.5 Å². The standard InChI is InChI=1S/C12H12F2N2S/c1-2-15-11(12-16-6-7-17-12)10-8(13)4-3-5-9(10)14/h3-7,11,15H,2H2,1H3. The van der Waals surface area contributed by atoms with Crippen molar-refractivity contribution in [3.05, 3.63) is 52.0 Å². The fourth-order valence-corrected chi connectivity index (χ4v) is 2.40. The lowest BCUT2D eigenvalue weighted by molar-refractivity contribution is 0.509. The monoisotopic (exact) mass is 254 g/mol. The molecule has 1 atom stereocenters. The zero-order valence-corrected chi connectivity index (χ0v) is 10.1. The molecule has 0 aliphatic heterocycles. The summed E-state index contributed by atoms with van der Waals surface area (Å²) in [6.07, 6.45) is 1.63. The maximum absolute atomic E-state index is 13.7. The third kappa shape index (κ3) is 2.50. The van der Waals surface area contributed by atoms with E-state index >= 15 is 0 Å². The molecule has 1 heterocycles. The van der Waals surface area contributed by atoms with Gasteiger partial charge in [-0.3, -0.25) is 0 Å². The van der Waals surface area contributed by atoms with E-state index in [2.05, 4.69) is 10.3 Å². The SMILES string of the molecule is CCNC(c1nccs1)c1c(F)cccc1F. The zero-order valence-electron chi connectivity index (χ0n) is 9.28. The summed E-state index contributed by atoms with van der Waals surface area (Å²) in [5, 5.41) is 5.50. The number of hydrogen-bond acceptors (Lipinski definition) is 3. The molecule has 5 heteroatoms. The largest absolute Gasteiger partial charge is 0.304 e. The number of aromatic nitrogens is 1. The Labute approximate surface area is 102 Å². The molecular weight excluding hydrogens is 242 g/mol.